The maximum atomic E-state index is 2.49. The lowest BCUT2D eigenvalue weighted by atomic mass is 9.76. The monoisotopic (exact) mass is 181 g/mol. The Morgan fingerprint density at radius 3 is 1.92 bits per heavy atom. The van der Waals surface area contributed by atoms with E-state index in [2.05, 4.69) is 11.9 Å². The van der Waals surface area contributed by atoms with Crippen LogP contribution in [0.25, 0.3) is 0 Å². The summed E-state index contributed by atoms with van der Waals surface area (Å²) in [5.41, 5.74) is 0. The lowest BCUT2D eigenvalue weighted by Crippen LogP contribution is -2.33. The van der Waals surface area contributed by atoms with Gasteiger partial charge in [-0.15, -0.1) is 0 Å². The average Bonchev–Trinajstić information content (AvgIpc) is 2.20. The highest BCUT2D eigenvalue weighted by molar-refractivity contribution is 4.78. The molecule has 13 heavy (non-hydrogen) atoms. The molecule has 2 fully saturated rings. The summed E-state index contributed by atoms with van der Waals surface area (Å²) in [6.45, 7) is 2.70. The Hall–Kier alpha value is -0.0400. The van der Waals surface area contributed by atoms with E-state index >= 15 is 0 Å². The second kappa shape index (κ2) is 4.45. The van der Waals surface area contributed by atoms with Gasteiger partial charge in [-0.3, -0.25) is 0 Å². The van der Waals surface area contributed by atoms with Gasteiger partial charge in [0.15, 0.2) is 0 Å². The van der Waals surface area contributed by atoms with Crippen molar-refractivity contribution < 1.29 is 0 Å². The molecule has 1 saturated carbocycles. The van der Waals surface area contributed by atoms with Crippen molar-refractivity contribution >= 4 is 0 Å². The number of piperidine rings is 1. The Morgan fingerprint density at radius 2 is 1.31 bits per heavy atom. The third-order valence-corrected chi connectivity index (χ3v) is 4.08. The Labute approximate surface area is 82.5 Å². The predicted octanol–water partition coefficient (Wildman–Crippen LogP) is 2.91. The highest BCUT2D eigenvalue weighted by Crippen LogP contribution is 2.35. The summed E-state index contributed by atoms with van der Waals surface area (Å²) in [5.74, 6) is 2.18. The third-order valence-electron chi connectivity index (χ3n) is 4.08. The minimum atomic E-state index is 1.08. The Morgan fingerprint density at radius 1 is 0.769 bits per heavy atom. The van der Waals surface area contributed by atoms with Crippen molar-refractivity contribution in [3.63, 3.8) is 0 Å². The molecular formula is C12H23N. The van der Waals surface area contributed by atoms with Crippen LogP contribution in [0.3, 0.4) is 0 Å². The fourth-order valence-corrected chi connectivity index (χ4v) is 3.11. The normalized spacial score (nSPS) is 29.3. The van der Waals surface area contributed by atoms with Crippen molar-refractivity contribution in [3.8, 4) is 0 Å². The zero-order valence-corrected chi connectivity index (χ0v) is 8.97. The van der Waals surface area contributed by atoms with Crippen LogP contribution in [0.15, 0.2) is 0 Å². The van der Waals surface area contributed by atoms with E-state index < -0.39 is 0 Å². The van der Waals surface area contributed by atoms with Crippen molar-refractivity contribution in [1.82, 2.24) is 4.90 Å². The molecule has 1 nitrogen and oxygen atoms in total. The van der Waals surface area contributed by atoms with Crippen molar-refractivity contribution in [2.75, 3.05) is 20.1 Å². The van der Waals surface area contributed by atoms with Crippen molar-refractivity contribution in [2.24, 2.45) is 11.8 Å². The van der Waals surface area contributed by atoms with E-state index in [1.54, 1.807) is 0 Å². The Kier molecular flexibility index (Phi) is 3.26. The van der Waals surface area contributed by atoms with E-state index in [9.17, 15) is 0 Å². The first-order valence-corrected chi connectivity index (χ1v) is 6.05. The van der Waals surface area contributed by atoms with Gasteiger partial charge in [0.05, 0.1) is 0 Å². The third kappa shape index (κ3) is 2.46. The molecule has 1 aliphatic carbocycles. The van der Waals surface area contributed by atoms with Crippen LogP contribution in [0, 0.1) is 11.8 Å². The second-order valence-electron chi connectivity index (χ2n) is 5.04. The van der Waals surface area contributed by atoms with Gasteiger partial charge in [0.25, 0.3) is 0 Å². The summed E-state index contributed by atoms with van der Waals surface area (Å²) in [7, 11) is 2.26. The van der Waals surface area contributed by atoms with E-state index in [1.165, 1.54) is 58.0 Å². The average molecular weight is 181 g/mol. The quantitative estimate of drug-likeness (QED) is 0.601. The van der Waals surface area contributed by atoms with Crippen LogP contribution in [-0.4, -0.2) is 25.0 Å². The van der Waals surface area contributed by atoms with E-state index in [1.807, 2.05) is 0 Å². The highest BCUT2D eigenvalue weighted by atomic mass is 15.1. The van der Waals surface area contributed by atoms with E-state index in [0.717, 1.165) is 11.8 Å². The van der Waals surface area contributed by atoms with Crippen LogP contribution in [-0.2, 0) is 0 Å². The molecule has 0 atom stereocenters. The first-order valence-electron chi connectivity index (χ1n) is 6.05. The smallest absolute Gasteiger partial charge is 0.00190 e. The fourth-order valence-electron chi connectivity index (χ4n) is 3.11. The molecule has 1 saturated heterocycles. The molecule has 0 aromatic rings. The minimum absolute atomic E-state index is 1.08. The summed E-state index contributed by atoms with van der Waals surface area (Å²) in [4.78, 5) is 2.49. The molecule has 1 heterocycles. The van der Waals surface area contributed by atoms with Gasteiger partial charge >= 0.3 is 0 Å². The van der Waals surface area contributed by atoms with Crippen molar-refractivity contribution in [2.45, 2.75) is 44.9 Å². The maximum absolute atomic E-state index is 2.49. The van der Waals surface area contributed by atoms with Crippen LogP contribution in [0.5, 0.6) is 0 Å². The van der Waals surface area contributed by atoms with Gasteiger partial charge in [0, 0.05) is 0 Å². The maximum Gasteiger partial charge on any atom is -0.00190 e. The molecule has 0 bridgehead atoms. The van der Waals surface area contributed by atoms with Crippen molar-refractivity contribution in [1.29, 1.82) is 0 Å². The van der Waals surface area contributed by atoms with E-state index in [4.69, 9.17) is 0 Å². The van der Waals surface area contributed by atoms with Crippen molar-refractivity contribution in [3.05, 3.63) is 0 Å². The topological polar surface area (TPSA) is 3.24 Å². The molecule has 1 heteroatoms. The molecule has 1 aliphatic heterocycles. The highest BCUT2D eigenvalue weighted by Gasteiger charge is 2.26. The van der Waals surface area contributed by atoms with Gasteiger partial charge in [0.1, 0.15) is 0 Å². The standard InChI is InChI=1S/C12H23N/c1-13-9-7-12(8-10-13)11-5-3-2-4-6-11/h11-12H,2-10H2,1H3. The summed E-state index contributed by atoms with van der Waals surface area (Å²) < 4.78 is 0. The molecule has 0 aromatic heterocycles. The minimum Gasteiger partial charge on any atom is -0.306 e. The van der Waals surface area contributed by atoms with Gasteiger partial charge < -0.3 is 4.90 Å². The molecule has 2 rings (SSSR count). The molecule has 0 amide bonds. The number of hydrogen-bond acceptors (Lipinski definition) is 1. The lowest BCUT2D eigenvalue weighted by molar-refractivity contribution is 0.145. The summed E-state index contributed by atoms with van der Waals surface area (Å²) in [5, 5.41) is 0. The van der Waals surface area contributed by atoms with Crippen LogP contribution >= 0.6 is 0 Å². The van der Waals surface area contributed by atoms with E-state index in [-0.39, 0.29) is 0 Å². The molecule has 0 unspecified atom stereocenters. The van der Waals surface area contributed by atoms with E-state index in [0.29, 0.717) is 0 Å². The summed E-state index contributed by atoms with van der Waals surface area (Å²) in [6, 6.07) is 0. The zero-order valence-electron chi connectivity index (χ0n) is 8.97. The number of hydrogen-bond donors (Lipinski definition) is 0. The molecule has 76 valence electrons. The fraction of sp³-hybridized carbons (Fsp3) is 1.00. The molecule has 2 aliphatic rings. The summed E-state index contributed by atoms with van der Waals surface area (Å²) >= 11 is 0. The van der Waals surface area contributed by atoms with Crippen LogP contribution in [0.1, 0.15) is 44.9 Å². The number of nitrogens with zero attached hydrogens (tertiary/aromatic N) is 1. The largest absolute Gasteiger partial charge is 0.306 e. The Balaban J connectivity index is 1.79. The first kappa shape index (κ1) is 9.51. The van der Waals surface area contributed by atoms with Gasteiger partial charge in [-0.05, 0) is 44.8 Å². The predicted molar refractivity (Wildman–Crippen MR) is 56.8 cm³/mol. The van der Waals surface area contributed by atoms with Crippen LogP contribution < -0.4 is 0 Å². The molecule has 0 aromatic carbocycles. The second-order valence-corrected chi connectivity index (χ2v) is 5.04. The van der Waals surface area contributed by atoms with Crippen LogP contribution in [0.2, 0.25) is 0 Å². The summed E-state index contributed by atoms with van der Waals surface area (Å²) in [6.07, 6.45) is 10.5. The SMILES string of the molecule is CN1CCC(C2CCCCC2)CC1. The zero-order chi connectivity index (χ0) is 9.10. The number of rotatable bonds is 1. The molecule has 0 N–H and O–H groups in total. The number of likely N-dealkylation sites (tertiary alicyclic amines) is 1. The lowest BCUT2D eigenvalue weighted by Gasteiger charge is -2.36. The Bertz CT molecular complexity index is 141. The molecular weight excluding hydrogens is 158 g/mol. The van der Waals surface area contributed by atoms with Crippen LogP contribution in [0.4, 0.5) is 0 Å². The van der Waals surface area contributed by atoms with Gasteiger partial charge in [0.2, 0.25) is 0 Å². The molecule has 0 radical (unpaired) electrons. The van der Waals surface area contributed by atoms with Gasteiger partial charge in [-0.25, -0.2) is 0 Å². The molecule has 0 spiro atoms. The first-order chi connectivity index (χ1) is 6.36. The van der Waals surface area contributed by atoms with Gasteiger partial charge in [-0.1, -0.05) is 32.1 Å². The van der Waals surface area contributed by atoms with Gasteiger partial charge in [-0.2, -0.15) is 0 Å².